The van der Waals surface area contributed by atoms with Crippen molar-refractivity contribution < 1.29 is 4.74 Å². The molecule has 3 heteroatoms. The Morgan fingerprint density at radius 2 is 1.58 bits per heavy atom. The fraction of sp³-hybridized carbons (Fsp3) is 1.00. The van der Waals surface area contributed by atoms with Gasteiger partial charge in [-0.2, -0.15) is 0 Å². The first-order chi connectivity index (χ1) is 9.24. The molecule has 0 rings (SSSR count). The summed E-state index contributed by atoms with van der Waals surface area (Å²) in [5.74, 6) is 6.21. The smallest absolute Gasteiger partial charge is 0.0488 e. The normalized spacial score (nSPS) is 14.5. The summed E-state index contributed by atoms with van der Waals surface area (Å²) in [6.45, 7) is 5.32. The molecule has 0 fully saturated rings. The highest BCUT2D eigenvalue weighted by molar-refractivity contribution is 4.67. The van der Waals surface area contributed by atoms with E-state index < -0.39 is 0 Å². The highest BCUT2D eigenvalue weighted by Crippen LogP contribution is 2.14. The van der Waals surface area contributed by atoms with Crippen molar-refractivity contribution in [3.8, 4) is 0 Å². The molecule has 0 saturated heterocycles. The van der Waals surface area contributed by atoms with Gasteiger partial charge >= 0.3 is 0 Å². The van der Waals surface area contributed by atoms with E-state index in [2.05, 4.69) is 19.3 Å². The molecule has 2 unspecified atom stereocenters. The maximum Gasteiger partial charge on any atom is 0.0488 e. The van der Waals surface area contributed by atoms with Crippen LogP contribution in [0.1, 0.15) is 78.1 Å². The Kier molecular flexibility index (Phi) is 14.2. The van der Waals surface area contributed by atoms with Crippen LogP contribution in [0, 0.1) is 5.92 Å². The third-order valence-corrected chi connectivity index (χ3v) is 3.78. The summed E-state index contributed by atoms with van der Waals surface area (Å²) in [7, 11) is 1.76. The fourth-order valence-corrected chi connectivity index (χ4v) is 2.63. The van der Waals surface area contributed by atoms with Gasteiger partial charge in [0.2, 0.25) is 0 Å². The Hall–Kier alpha value is -0.120. The first-order valence-electron chi connectivity index (χ1n) is 8.19. The molecule has 116 valence electrons. The van der Waals surface area contributed by atoms with Gasteiger partial charge in [-0.3, -0.25) is 11.3 Å². The highest BCUT2D eigenvalue weighted by Gasteiger charge is 2.11. The lowest BCUT2D eigenvalue weighted by Gasteiger charge is -2.19. The van der Waals surface area contributed by atoms with Crippen molar-refractivity contribution in [1.29, 1.82) is 0 Å². The lowest BCUT2D eigenvalue weighted by Crippen LogP contribution is -2.36. The molecule has 0 aliphatic rings. The first-order valence-corrected chi connectivity index (χ1v) is 8.19. The third-order valence-electron chi connectivity index (χ3n) is 3.78. The van der Waals surface area contributed by atoms with E-state index in [1.165, 1.54) is 57.8 Å². The number of nitrogens with two attached hydrogens (primary N) is 1. The maximum atomic E-state index is 5.62. The van der Waals surface area contributed by atoms with Crippen molar-refractivity contribution >= 4 is 0 Å². The highest BCUT2D eigenvalue weighted by atomic mass is 16.5. The Balaban J connectivity index is 3.40. The number of nitrogens with one attached hydrogen (secondary N) is 1. The van der Waals surface area contributed by atoms with Gasteiger partial charge in [0.05, 0.1) is 0 Å². The molecule has 3 nitrogen and oxygen atoms in total. The minimum atomic E-state index is 0.449. The monoisotopic (exact) mass is 272 g/mol. The summed E-state index contributed by atoms with van der Waals surface area (Å²) in [5, 5.41) is 0. The van der Waals surface area contributed by atoms with Crippen molar-refractivity contribution in [3.05, 3.63) is 0 Å². The van der Waals surface area contributed by atoms with E-state index in [1.807, 2.05) is 0 Å². The largest absolute Gasteiger partial charge is 0.384 e. The number of rotatable bonds is 14. The predicted molar refractivity (Wildman–Crippen MR) is 84.0 cm³/mol. The third kappa shape index (κ3) is 12.6. The van der Waals surface area contributed by atoms with Crippen LogP contribution >= 0.6 is 0 Å². The quantitative estimate of drug-likeness (QED) is 0.285. The molecular weight excluding hydrogens is 236 g/mol. The Bertz CT molecular complexity index is 176. The summed E-state index contributed by atoms with van der Waals surface area (Å²) < 4.78 is 5.17. The van der Waals surface area contributed by atoms with Crippen LogP contribution in [0.4, 0.5) is 0 Å². The van der Waals surface area contributed by atoms with Gasteiger partial charge in [-0.25, -0.2) is 0 Å². The Morgan fingerprint density at radius 3 is 2.11 bits per heavy atom. The summed E-state index contributed by atoms with van der Waals surface area (Å²) >= 11 is 0. The number of hydrazine groups is 1. The Morgan fingerprint density at radius 1 is 1.00 bits per heavy atom. The predicted octanol–water partition coefficient (Wildman–Crippen LogP) is 4.02. The van der Waals surface area contributed by atoms with E-state index in [-0.39, 0.29) is 0 Å². The number of methoxy groups -OCH3 is 1. The van der Waals surface area contributed by atoms with Gasteiger partial charge in [-0.05, 0) is 18.8 Å². The zero-order valence-electron chi connectivity index (χ0n) is 13.4. The first kappa shape index (κ1) is 18.9. The van der Waals surface area contributed by atoms with Crippen LogP contribution in [0.3, 0.4) is 0 Å². The van der Waals surface area contributed by atoms with Gasteiger partial charge in [0.1, 0.15) is 0 Å². The van der Waals surface area contributed by atoms with E-state index in [9.17, 15) is 0 Å². The molecule has 0 bridgehead atoms. The summed E-state index contributed by atoms with van der Waals surface area (Å²) in [6.07, 6.45) is 13.3. The van der Waals surface area contributed by atoms with Crippen molar-refractivity contribution in [2.24, 2.45) is 11.8 Å². The van der Waals surface area contributed by atoms with Crippen LogP contribution in [0.5, 0.6) is 0 Å². The van der Waals surface area contributed by atoms with Crippen molar-refractivity contribution in [2.75, 3.05) is 13.7 Å². The average molecular weight is 272 g/mol. The van der Waals surface area contributed by atoms with E-state index in [1.54, 1.807) is 7.11 Å². The summed E-state index contributed by atoms with van der Waals surface area (Å²) in [6, 6.07) is 0.449. The minimum absolute atomic E-state index is 0.449. The van der Waals surface area contributed by atoms with Gasteiger partial charge in [0.25, 0.3) is 0 Å². The lowest BCUT2D eigenvalue weighted by molar-refractivity contribution is 0.148. The molecule has 3 N–H and O–H groups in total. The van der Waals surface area contributed by atoms with Crippen LogP contribution in [-0.4, -0.2) is 19.8 Å². The summed E-state index contributed by atoms with van der Waals surface area (Å²) in [4.78, 5) is 0. The van der Waals surface area contributed by atoms with Crippen LogP contribution in [0.25, 0.3) is 0 Å². The second kappa shape index (κ2) is 14.3. The second-order valence-corrected chi connectivity index (χ2v) is 5.92. The number of unbranched alkanes of at least 4 members (excludes halogenated alkanes) is 7. The molecule has 19 heavy (non-hydrogen) atoms. The molecule has 0 heterocycles. The molecule has 0 spiro atoms. The van der Waals surface area contributed by atoms with E-state index >= 15 is 0 Å². The molecule has 0 aromatic heterocycles. The van der Waals surface area contributed by atoms with Crippen molar-refractivity contribution in [3.63, 3.8) is 0 Å². The Labute approximate surface area is 120 Å². The molecule has 0 saturated carbocycles. The molecule has 0 radical (unpaired) electrons. The zero-order valence-corrected chi connectivity index (χ0v) is 13.4. The van der Waals surface area contributed by atoms with E-state index in [0.717, 1.165) is 13.0 Å². The van der Waals surface area contributed by atoms with Gasteiger partial charge < -0.3 is 4.74 Å². The van der Waals surface area contributed by atoms with Crippen LogP contribution in [-0.2, 0) is 4.74 Å². The average Bonchev–Trinajstić information content (AvgIpc) is 2.40. The number of hydrogen-bond donors (Lipinski definition) is 2. The van der Waals surface area contributed by atoms with Crippen LogP contribution in [0.15, 0.2) is 0 Å². The van der Waals surface area contributed by atoms with Gasteiger partial charge in [-0.1, -0.05) is 65.2 Å². The number of ether oxygens (including phenoxy) is 1. The molecule has 0 aliphatic carbocycles. The SMILES string of the molecule is CCCCCCCCCCC(CC(C)COC)NN. The van der Waals surface area contributed by atoms with Crippen LogP contribution < -0.4 is 11.3 Å². The van der Waals surface area contributed by atoms with E-state index in [0.29, 0.717) is 12.0 Å². The van der Waals surface area contributed by atoms with Crippen molar-refractivity contribution in [1.82, 2.24) is 5.43 Å². The van der Waals surface area contributed by atoms with Crippen molar-refractivity contribution in [2.45, 2.75) is 84.1 Å². The molecule has 0 amide bonds. The fourth-order valence-electron chi connectivity index (χ4n) is 2.63. The molecule has 2 atom stereocenters. The second-order valence-electron chi connectivity index (χ2n) is 5.92. The standard InChI is InChI=1S/C16H36N2O/c1-4-5-6-7-8-9-10-11-12-16(18-17)13-15(2)14-19-3/h15-16,18H,4-14,17H2,1-3H3. The zero-order chi connectivity index (χ0) is 14.3. The maximum absolute atomic E-state index is 5.62. The van der Waals surface area contributed by atoms with Gasteiger partial charge in [0.15, 0.2) is 0 Å². The van der Waals surface area contributed by atoms with E-state index in [4.69, 9.17) is 10.6 Å². The molecule has 0 aromatic rings. The van der Waals surface area contributed by atoms with Gasteiger partial charge in [0, 0.05) is 19.8 Å². The lowest BCUT2D eigenvalue weighted by atomic mass is 9.97. The molecule has 0 aromatic carbocycles. The summed E-state index contributed by atoms with van der Waals surface area (Å²) in [5.41, 5.74) is 2.95. The van der Waals surface area contributed by atoms with Gasteiger partial charge in [-0.15, -0.1) is 0 Å². The molecular formula is C16H36N2O. The molecule has 0 aliphatic heterocycles. The minimum Gasteiger partial charge on any atom is -0.384 e. The van der Waals surface area contributed by atoms with Crippen LogP contribution in [0.2, 0.25) is 0 Å². The number of hydrogen-bond acceptors (Lipinski definition) is 3. The topological polar surface area (TPSA) is 47.3 Å².